The van der Waals surface area contributed by atoms with Gasteiger partial charge in [0.1, 0.15) is 5.75 Å². The van der Waals surface area contributed by atoms with Crippen LogP contribution in [0.2, 0.25) is 0 Å². The topological polar surface area (TPSA) is 54.3 Å². The number of nitrogens with zero attached hydrogens (tertiary/aromatic N) is 1. The van der Waals surface area contributed by atoms with Gasteiger partial charge in [-0.05, 0) is 67.1 Å². The van der Waals surface area contributed by atoms with Crippen molar-refractivity contribution >= 4 is 0 Å². The van der Waals surface area contributed by atoms with Crippen LogP contribution in [0.15, 0.2) is 42.5 Å². The van der Waals surface area contributed by atoms with Crippen molar-refractivity contribution in [1.82, 2.24) is 5.32 Å². The Morgan fingerprint density at radius 3 is 2.85 bits per heavy atom. The van der Waals surface area contributed by atoms with Gasteiger partial charge < -0.3 is 14.8 Å². The van der Waals surface area contributed by atoms with Crippen LogP contribution >= 0.6 is 0 Å². The maximum Gasteiger partial charge on any atom is 0.119 e. The fourth-order valence-corrected chi connectivity index (χ4v) is 5.09. The van der Waals surface area contributed by atoms with Crippen LogP contribution in [0.4, 0.5) is 0 Å². The Kier molecular flexibility index (Phi) is 4.90. The summed E-state index contributed by atoms with van der Waals surface area (Å²) in [5.41, 5.74) is 4.67. The van der Waals surface area contributed by atoms with E-state index in [1.807, 2.05) is 31.4 Å². The van der Waals surface area contributed by atoms with Crippen LogP contribution in [0.1, 0.15) is 41.2 Å². The first-order chi connectivity index (χ1) is 13.2. The maximum absolute atomic E-state index is 9.40. The molecule has 4 nitrogen and oxygen atoms in total. The number of nitriles is 1. The number of piperidine rings is 1. The molecule has 0 radical (unpaired) electrons. The Labute approximate surface area is 161 Å². The molecule has 1 aliphatic carbocycles. The number of ether oxygens (including phenoxy) is 2. The summed E-state index contributed by atoms with van der Waals surface area (Å²) in [5, 5.41) is 13.1. The van der Waals surface area contributed by atoms with Gasteiger partial charge in [0.15, 0.2) is 0 Å². The number of nitrogens with one attached hydrogen (secondary N) is 1. The fraction of sp³-hybridized carbons (Fsp3) is 0.435. The third-order valence-corrected chi connectivity index (χ3v) is 6.28. The number of benzene rings is 2. The first-order valence-electron chi connectivity index (χ1n) is 9.60. The van der Waals surface area contributed by atoms with Gasteiger partial charge in [-0.1, -0.05) is 24.3 Å². The summed E-state index contributed by atoms with van der Waals surface area (Å²) in [5.74, 6) is 0.890. The second kappa shape index (κ2) is 7.34. The Morgan fingerprint density at radius 2 is 2.07 bits per heavy atom. The molecule has 0 saturated carbocycles. The smallest absolute Gasteiger partial charge is 0.119 e. The number of methoxy groups -OCH3 is 2. The molecule has 0 amide bonds. The minimum atomic E-state index is 0.0958. The van der Waals surface area contributed by atoms with E-state index in [0.29, 0.717) is 6.04 Å². The van der Waals surface area contributed by atoms with Crippen LogP contribution in [0.3, 0.4) is 0 Å². The van der Waals surface area contributed by atoms with Crippen molar-refractivity contribution in [2.24, 2.45) is 5.41 Å². The molecule has 1 aliphatic heterocycles. The van der Waals surface area contributed by atoms with Crippen molar-refractivity contribution in [3.63, 3.8) is 0 Å². The standard InChI is InChI=1S/C23H26N2O2/c1-26-20-8-7-17-13-23(22(27-2)21(17)12-20)9-10-25-19(14-23)11-16-5-3-4-6-18(16)15-24/h3-8,12,19,22,25H,9-11,13-14H2,1-2H3/t19-,22+,23?/m1/s1. The van der Waals surface area contributed by atoms with Gasteiger partial charge >= 0.3 is 0 Å². The van der Waals surface area contributed by atoms with Gasteiger partial charge in [0, 0.05) is 18.6 Å². The van der Waals surface area contributed by atoms with E-state index in [2.05, 4.69) is 29.6 Å². The van der Waals surface area contributed by atoms with Gasteiger partial charge in [-0.25, -0.2) is 0 Å². The van der Waals surface area contributed by atoms with E-state index in [9.17, 15) is 5.26 Å². The molecule has 2 aromatic carbocycles. The zero-order chi connectivity index (χ0) is 18.9. The molecule has 1 saturated heterocycles. The number of hydrogen-bond donors (Lipinski definition) is 1. The quantitative estimate of drug-likeness (QED) is 0.899. The van der Waals surface area contributed by atoms with Gasteiger partial charge in [-0.2, -0.15) is 5.26 Å². The van der Waals surface area contributed by atoms with Gasteiger partial charge in [0.2, 0.25) is 0 Å². The zero-order valence-corrected chi connectivity index (χ0v) is 16.0. The maximum atomic E-state index is 9.40. The molecule has 1 heterocycles. The van der Waals surface area contributed by atoms with Crippen LogP contribution in [0.25, 0.3) is 0 Å². The van der Waals surface area contributed by atoms with Crippen molar-refractivity contribution in [3.8, 4) is 11.8 Å². The highest BCUT2D eigenvalue weighted by Crippen LogP contribution is 2.54. The van der Waals surface area contributed by atoms with Crippen molar-refractivity contribution in [3.05, 3.63) is 64.7 Å². The molecule has 1 spiro atoms. The van der Waals surface area contributed by atoms with Crippen molar-refractivity contribution in [1.29, 1.82) is 5.26 Å². The molecule has 0 bridgehead atoms. The molecule has 140 valence electrons. The van der Waals surface area contributed by atoms with E-state index in [1.54, 1.807) is 7.11 Å². The SMILES string of the molecule is COc1ccc2c(c1)[C@H](OC)C1(CCN[C@H](Cc3ccccc3C#N)C1)C2. The van der Waals surface area contributed by atoms with Crippen LogP contribution in [-0.2, 0) is 17.6 Å². The molecule has 3 atom stereocenters. The Balaban J connectivity index is 1.59. The monoisotopic (exact) mass is 362 g/mol. The predicted octanol–water partition coefficient (Wildman–Crippen LogP) is 3.79. The molecule has 0 aromatic heterocycles. The largest absolute Gasteiger partial charge is 0.497 e. The van der Waals surface area contributed by atoms with Crippen molar-refractivity contribution in [2.75, 3.05) is 20.8 Å². The van der Waals surface area contributed by atoms with E-state index < -0.39 is 0 Å². The van der Waals surface area contributed by atoms with Gasteiger partial charge in [-0.3, -0.25) is 0 Å². The molecule has 4 heteroatoms. The molecule has 27 heavy (non-hydrogen) atoms. The third-order valence-electron chi connectivity index (χ3n) is 6.28. The second-order valence-electron chi connectivity index (χ2n) is 7.80. The van der Waals surface area contributed by atoms with E-state index in [1.165, 1.54) is 11.1 Å². The lowest BCUT2D eigenvalue weighted by atomic mass is 9.71. The summed E-state index contributed by atoms with van der Waals surface area (Å²) >= 11 is 0. The van der Waals surface area contributed by atoms with Crippen LogP contribution < -0.4 is 10.1 Å². The first-order valence-corrected chi connectivity index (χ1v) is 9.60. The number of hydrogen-bond acceptors (Lipinski definition) is 4. The lowest BCUT2D eigenvalue weighted by molar-refractivity contribution is -0.0290. The summed E-state index contributed by atoms with van der Waals surface area (Å²) in [4.78, 5) is 0. The average Bonchev–Trinajstić information content (AvgIpc) is 2.99. The van der Waals surface area contributed by atoms with E-state index in [4.69, 9.17) is 9.47 Å². The molecule has 2 aromatic rings. The van der Waals surface area contributed by atoms with E-state index >= 15 is 0 Å². The summed E-state index contributed by atoms with van der Waals surface area (Å²) < 4.78 is 11.5. The number of fused-ring (bicyclic) bond motifs is 1. The Morgan fingerprint density at radius 1 is 1.22 bits per heavy atom. The Hall–Kier alpha value is -2.35. The highest BCUT2D eigenvalue weighted by atomic mass is 16.5. The minimum Gasteiger partial charge on any atom is -0.497 e. The molecular weight excluding hydrogens is 336 g/mol. The van der Waals surface area contributed by atoms with Crippen molar-refractivity contribution in [2.45, 2.75) is 37.8 Å². The minimum absolute atomic E-state index is 0.0958. The molecule has 1 N–H and O–H groups in total. The normalized spacial score (nSPS) is 26.6. The van der Waals surface area contributed by atoms with E-state index in [0.717, 1.165) is 49.1 Å². The van der Waals surface area contributed by atoms with Crippen LogP contribution in [0.5, 0.6) is 5.75 Å². The highest BCUT2D eigenvalue weighted by Gasteiger charge is 2.49. The summed E-state index contributed by atoms with van der Waals surface area (Å²) in [6.45, 7) is 0.977. The number of rotatable bonds is 4. The summed E-state index contributed by atoms with van der Waals surface area (Å²) in [6.07, 6.45) is 4.16. The van der Waals surface area contributed by atoms with Crippen LogP contribution in [-0.4, -0.2) is 26.8 Å². The van der Waals surface area contributed by atoms with Gasteiger partial charge in [0.25, 0.3) is 0 Å². The molecule has 1 unspecified atom stereocenters. The van der Waals surface area contributed by atoms with Crippen LogP contribution in [0, 0.1) is 16.7 Å². The molecule has 1 fully saturated rings. The molecular formula is C23H26N2O2. The summed E-state index contributed by atoms with van der Waals surface area (Å²) in [6, 6.07) is 17.0. The van der Waals surface area contributed by atoms with Crippen molar-refractivity contribution < 1.29 is 9.47 Å². The fourth-order valence-electron chi connectivity index (χ4n) is 5.09. The molecule has 2 aliphatic rings. The second-order valence-corrected chi connectivity index (χ2v) is 7.80. The third kappa shape index (κ3) is 3.22. The zero-order valence-electron chi connectivity index (χ0n) is 16.0. The molecule has 4 rings (SSSR count). The first kappa shape index (κ1) is 18.0. The van der Waals surface area contributed by atoms with Gasteiger partial charge in [0.05, 0.1) is 24.8 Å². The van der Waals surface area contributed by atoms with E-state index in [-0.39, 0.29) is 11.5 Å². The highest BCUT2D eigenvalue weighted by molar-refractivity contribution is 5.43. The lowest BCUT2D eigenvalue weighted by Crippen LogP contribution is -2.47. The Bertz CT molecular complexity index is 873. The lowest BCUT2D eigenvalue weighted by Gasteiger charge is -2.42. The summed E-state index contributed by atoms with van der Waals surface area (Å²) in [7, 11) is 3.53. The predicted molar refractivity (Wildman–Crippen MR) is 105 cm³/mol. The van der Waals surface area contributed by atoms with Gasteiger partial charge in [-0.15, -0.1) is 0 Å². The average molecular weight is 362 g/mol.